The molecule has 2 aromatic carbocycles. The quantitative estimate of drug-likeness (QED) is 0.364. The molecule has 3 heterocycles. The smallest absolute Gasteiger partial charge is 0.335 e. The molecule has 0 fully saturated rings. The van der Waals surface area contributed by atoms with Gasteiger partial charge in [0.25, 0.3) is 5.91 Å². The maximum absolute atomic E-state index is 13.2. The van der Waals surface area contributed by atoms with Crippen LogP contribution in [0.25, 0.3) is 5.82 Å². The first-order valence-corrected chi connectivity index (χ1v) is 11.5. The van der Waals surface area contributed by atoms with E-state index in [4.69, 9.17) is 9.72 Å². The zero-order valence-corrected chi connectivity index (χ0v) is 20.1. The third kappa shape index (κ3) is 4.15. The van der Waals surface area contributed by atoms with E-state index in [1.807, 2.05) is 48.9 Å². The topological polar surface area (TPSA) is 118 Å². The number of aromatic carboxylic acids is 1. The van der Waals surface area contributed by atoms with E-state index < -0.39 is 5.97 Å². The van der Waals surface area contributed by atoms with Crippen LogP contribution >= 0.6 is 0 Å². The summed E-state index contributed by atoms with van der Waals surface area (Å²) in [6.45, 7) is 3.95. The molecule has 3 N–H and O–H groups in total. The summed E-state index contributed by atoms with van der Waals surface area (Å²) in [5, 5.41) is 15.4. The highest BCUT2D eigenvalue weighted by Crippen LogP contribution is 2.31. The molecule has 9 heteroatoms. The molecule has 182 valence electrons. The molecule has 0 saturated carbocycles. The van der Waals surface area contributed by atoms with E-state index in [0.29, 0.717) is 41.6 Å². The number of carboxylic acid groups (broad SMARTS) is 1. The maximum Gasteiger partial charge on any atom is 0.335 e. The highest BCUT2D eigenvalue weighted by atomic mass is 16.5. The Hall–Kier alpha value is -4.66. The number of hydrogen-bond donors (Lipinski definition) is 3. The summed E-state index contributed by atoms with van der Waals surface area (Å²) in [6.07, 6.45) is 5.02. The third-order valence-corrected chi connectivity index (χ3v) is 6.35. The first kappa shape index (κ1) is 23.1. The molecule has 0 saturated heterocycles. The molecule has 4 aromatic rings. The number of carbonyl (C=O) groups excluding carboxylic acids is 1. The van der Waals surface area contributed by atoms with Gasteiger partial charge >= 0.3 is 5.97 Å². The summed E-state index contributed by atoms with van der Waals surface area (Å²) in [7, 11) is 1.47. The van der Waals surface area contributed by atoms with E-state index in [-0.39, 0.29) is 11.5 Å². The van der Waals surface area contributed by atoms with Crippen molar-refractivity contribution in [1.29, 1.82) is 0 Å². The van der Waals surface area contributed by atoms with Gasteiger partial charge in [0.15, 0.2) is 0 Å². The summed E-state index contributed by atoms with van der Waals surface area (Å²) in [6, 6.07) is 12.3. The third-order valence-electron chi connectivity index (χ3n) is 6.35. The van der Waals surface area contributed by atoms with E-state index in [9.17, 15) is 14.7 Å². The molecular formula is C27H25N5O4. The van der Waals surface area contributed by atoms with Gasteiger partial charge in [-0.3, -0.25) is 4.79 Å². The molecule has 36 heavy (non-hydrogen) atoms. The highest BCUT2D eigenvalue weighted by Gasteiger charge is 2.24. The predicted molar refractivity (Wildman–Crippen MR) is 136 cm³/mol. The average molecular weight is 484 g/mol. The van der Waals surface area contributed by atoms with Crippen LogP contribution in [0.4, 0.5) is 17.3 Å². The number of benzene rings is 2. The number of hydrogen-bond acceptors (Lipinski definition) is 6. The van der Waals surface area contributed by atoms with Gasteiger partial charge in [0, 0.05) is 29.3 Å². The number of rotatable bonds is 6. The first-order valence-electron chi connectivity index (χ1n) is 11.5. The average Bonchev–Trinajstić information content (AvgIpc) is 3.31. The van der Waals surface area contributed by atoms with E-state index in [2.05, 4.69) is 15.6 Å². The summed E-state index contributed by atoms with van der Waals surface area (Å²) >= 11 is 0. The zero-order valence-electron chi connectivity index (χ0n) is 20.1. The molecule has 0 bridgehead atoms. The van der Waals surface area contributed by atoms with Crippen LogP contribution in [0.1, 0.15) is 43.1 Å². The minimum atomic E-state index is -1.04. The van der Waals surface area contributed by atoms with Gasteiger partial charge in [-0.2, -0.15) is 4.98 Å². The second kappa shape index (κ2) is 9.18. The minimum absolute atomic E-state index is 0.118. The van der Waals surface area contributed by atoms with Crippen LogP contribution in [0.5, 0.6) is 5.75 Å². The van der Waals surface area contributed by atoms with Crippen LogP contribution in [0.15, 0.2) is 54.9 Å². The number of ether oxygens (including phenoxy) is 1. The van der Waals surface area contributed by atoms with Gasteiger partial charge in [0.1, 0.15) is 11.6 Å². The van der Waals surface area contributed by atoms with Crippen molar-refractivity contribution in [1.82, 2.24) is 14.5 Å². The lowest BCUT2D eigenvalue weighted by atomic mass is 10.0. The number of para-hydroxylation sites is 1. The van der Waals surface area contributed by atoms with Gasteiger partial charge in [-0.1, -0.05) is 18.2 Å². The van der Waals surface area contributed by atoms with Crippen LogP contribution in [-0.2, 0) is 12.8 Å². The lowest BCUT2D eigenvalue weighted by Crippen LogP contribution is -2.20. The van der Waals surface area contributed by atoms with Gasteiger partial charge in [-0.05, 0) is 62.1 Å². The summed E-state index contributed by atoms with van der Waals surface area (Å²) in [4.78, 5) is 33.6. The monoisotopic (exact) mass is 483 g/mol. The Balaban J connectivity index is 1.44. The molecule has 1 aliphatic rings. The lowest BCUT2D eigenvalue weighted by Gasteiger charge is -2.20. The summed E-state index contributed by atoms with van der Waals surface area (Å²) in [5.74, 6) is 0.199. The molecule has 1 amide bonds. The second-order valence-electron chi connectivity index (χ2n) is 8.65. The SMILES string of the molecule is COc1cc(C(=O)O)ccc1Nc1ncc2c(n1)-n1ccc(C(=O)Nc3c(C)cccc3C)c1CC2. The van der Waals surface area contributed by atoms with Crippen molar-refractivity contribution in [2.24, 2.45) is 0 Å². The first-order chi connectivity index (χ1) is 17.4. The molecule has 0 unspecified atom stereocenters. The summed E-state index contributed by atoms with van der Waals surface area (Å²) in [5.41, 5.74) is 5.98. The van der Waals surface area contributed by atoms with Crippen molar-refractivity contribution in [3.63, 3.8) is 0 Å². The lowest BCUT2D eigenvalue weighted by molar-refractivity contribution is 0.0696. The van der Waals surface area contributed by atoms with Crippen LogP contribution in [0.2, 0.25) is 0 Å². The fourth-order valence-electron chi connectivity index (χ4n) is 4.46. The highest BCUT2D eigenvalue weighted by molar-refractivity contribution is 6.06. The van der Waals surface area contributed by atoms with E-state index in [0.717, 1.165) is 28.1 Å². The Bertz CT molecular complexity index is 1490. The fourth-order valence-corrected chi connectivity index (χ4v) is 4.46. The number of nitrogens with zero attached hydrogens (tertiary/aromatic N) is 3. The number of aromatic nitrogens is 3. The van der Waals surface area contributed by atoms with Gasteiger partial charge in [-0.25, -0.2) is 9.78 Å². The second-order valence-corrected chi connectivity index (χ2v) is 8.65. The fraction of sp³-hybridized carbons (Fsp3) is 0.185. The van der Waals surface area contributed by atoms with Crippen molar-refractivity contribution in [2.45, 2.75) is 26.7 Å². The van der Waals surface area contributed by atoms with Crippen molar-refractivity contribution in [3.8, 4) is 11.6 Å². The molecule has 5 rings (SSSR count). The molecule has 1 aliphatic heterocycles. The number of nitrogens with one attached hydrogen (secondary N) is 2. The number of carbonyl (C=O) groups is 2. The summed E-state index contributed by atoms with van der Waals surface area (Å²) < 4.78 is 7.27. The zero-order chi connectivity index (χ0) is 25.4. The van der Waals surface area contributed by atoms with Gasteiger partial charge in [0.2, 0.25) is 5.95 Å². The predicted octanol–water partition coefficient (Wildman–Crippen LogP) is 4.69. The van der Waals surface area contributed by atoms with Crippen molar-refractivity contribution < 1.29 is 19.4 Å². The number of anilines is 3. The number of carboxylic acids is 1. The molecule has 9 nitrogen and oxygen atoms in total. The Labute approximate surface area is 207 Å². The molecule has 0 aliphatic carbocycles. The normalized spacial score (nSPS) is 11.9. The standard InChI is InChI=1S/C27H25N5O4/c1-15-5-4-6-16(2)23(15)30-25(33)19-11-12-32-21(19)10-8-18-14-28-27(31-24(18)32)29-20-9-7-17(26(34)35)13-22(20)36-3/h4-7,9,11-14H,8,10H2,1-3H3,(H,30,33)(H,34,35)(H,28,29,31). The molecule has 2 aromatic heterocycles. The van der Waals surface area contributed by atoms with Crippen LogP contribution in [-0.4, -0.2) is 38.6 Å². The number of fused-ring (bicyclic) bond motifs is 3. The Morgan fingerprint density at radius 3 is 2.58 bits per heavy atom. The molecule has 0 spiro atoms. The van der Waals surface area contributed by atoms with E-state index in [1.165, 1.54) is 19.2 Å². The minimum Gasteiger partial charge on any atom is -0.495 e. The Kier molecular flexibility index (Phi) is 5.89. The van der Waals surface area contributed by atoms with Crippen LogP contribution in [0.3, 0.4) is 0 Å². The number of amides is 1. The largest absolute Gasteiger partial charge is 0.495 e. The van der Waals surface area contributed by atoms with Gasteiger partial charge in [-0.15, -0.1) is 0 Å². The Morgan fingerprint density at radius 2 is 1.86 bits per heavy atom. The van der Waals surface area contributed by atoms with Crippen LogP contribution < -0.4 is 15.4 Å². The van der Waals surface area contributed by atoms with E-state index >= 15 is 0 Å². The van der Waals surface area contributed by atoms with Crippen molar-refractivity contribution in [3.05, 3.63) is 88.4 Å². The van der Waals surface area contributed by atoms with Crippen molar-refractivity contribution >= 4 is 29.2 Å². The molecular weight excluding hydrogens is 458 g/mol. The van der Waals surface area contributed by atoms with Gasteiger partial charge < -0.3 is 25.0 Å². The molecule has 0 radical (unpaired) electrons. The molecule has 0 atom stereocenters. The van der Waals surface area contributed by atoms with Gasteiger partial charge in [0.05, 0.1) is 23.9 Å². The van der Waals surface area contributed by atoms with Crippen LogP contribution in [0, 0.1) is 13.8 Å². The number of aryl methyl sites for hydroxylation is 3. The van der Waals surface area contributed by atoms with E-state index in [1.54, 1.807) is 12.3 Å². The maximum atomic E-state index is 13.2. The van der Waals surface area contributed by atoms with Crippen molar-refractivity contribution in [2.75, 3.05) is 17.7 Å². The number of methoxy groups -OCH3 is 1. The Morgan fingerprint density at radius 1 is 1.08 bits per heavy atom.